The molecule has 0 aromatic heterocycles. The van der Waals surface area contributed by atoms with Gasteiger partial charge in [-0.2, -0.15) is 0 Å². The Morgan fingerprint density at radius 2 is 1.04 bits per heavy atom. The van der Waals surface area contributed by atoms with Gasteiger partial charge in [-0.25, -0.2) is 0 Å². The van der Waals surface area contributed by atoms with Crippen LogP contribution in [-0.4, -0.2) is 21.3 Å². The highest BCUT2D eigenvalue weighted by Gasteiger charge is 2.10. The number of methoxy groups -OCH3 is 3. The van der Waals surface area contributed by atoms with Gasteiger partial charge in [0.25, 0.3) is 0 Å². The van der Waals surface area contributed by atoms with Crippen molar-refractivity contribution in [3.63, 3.8) is 0 Å². The highest BCUT2D eigenvalue weighted by molar-refractivity contribution is 5.46. The Labute approximate surface area is 155 Å². The van der Waals surface area contributed by atoms with Gasteiger partial charge >= 0.3 is 0 Å². The van der Waals surface area contributed by atoms with E-state index in [-0.39, 0.29) is 0 Å². The highest BCUT2D eigenvalue weighted by Crippen LogP contribution is 2.29. The molecule has 3 aromatic carbocycles. The molecule has 0 heterocycles. The number of ether oxygens (including phenoxy) is 3. The second-order valence-corrected chi connectivity index (χ2v) is 6.12. The zero-order valence-corrected chi connectivity index (χ0v) is 15.5. The van der Waals surface area contributed by atoms with Gasteiger partial charge in [0.15, 0.2) is 0 Å². The van der Waals surface area contributed by atoms with Crippen molar-refractivity contribution in [3.05, 3.63) is 89.0 Å². The largest absolute Gasteiger partial charge is 0.496 e. The van der Waals surface area contributed by atoms with Crippen LogP contribution < -0.4 is 14.2 Å². The van der Waals surface area contributed by atoms with Crippen molar-refractivity contribution in [1.29, 1.82) is 0 Å². The molecule has 0 atom stereocenters. The molecule has 3 nitrogen and oxygen atoms in total. The second-order valence-electron chi connectivity index (χ2n) is 6.12. The van der Waals surface area contributed by atoms with E-state index in [0.717, 1.165) is 46.8 Å². The maximum atomic E-state index is 5.65. The Hall–Kier alpha value is -2.94. The molecule has 0 aliphatic heterocycles. The van der Waals surface area contributed by atoms with E-state index in [9.17, 15) is 0 Å². The molecule has 134 valence electrons. The molecule has 0 amide bonds. The van der Waals surface area contributed by atoms with E-state index in [0.29, 0.717) is 0 Å². The van der Waals surface area contributed by atoms with Gasteiger partial charge in [-0.1, -0.05) is 48.5 Å². The predicted octanol–water partition coefficient (Wildman–Crippen LogP) is 4.89. The van der Waals surface area contributed by atoms with E-state index in [1.807, 2.05) is 36.4 Å². The Kier molecular flexibility index (Phi) is 5.80. The summed E-state index contributed by atoms with van der Waals surface area (Å²) in [5.41, 5.74) is 4.64. The summed E-state index contributed by atoms with van der Waals surface area (Å²) in [5.74, 6) is 2.69. The van der Waals surface area contributed by atoms with E-state index >= 15 is 0 Å². The van der Waals surface area contributed by atoms with Crippen LogP contribution in [0.25, 0.3) is 0 Å². The average molecular weight is 348 g/mol. The molecule has 0 aliphatic carbocycles. The normalized spacial score (nSPS) is 10.4. The first-order chi connectivity index (χ1) is 12.7. The molecule has 0 spiro atoms. The molecule has 0 bridgehead atoms. The average Bonchev–Trinajstić information content (AvgIpc) is 2.70. The molecule has 26 heavy (non-hydrogen) atoms. The molecule has 0 saturated heterocycles. The lowest BCUT2D eigenvalue weighted by Crippen LogP contribution is -1.99. The third-order valence-electron chi connectivity index (χ3n) is 4.51. The maximum absolute atomic E-state index is 5.65. The minimum Gasteiger partial charge on any atom is -0.496 e. The van der Waals surface area contributed by atoms with E-state index in [1.165, 1.54) is 5.56 Å². The van der Waals surface area contributed by atoms with Gasteiger partial charge in [-0.05, 0) is 40.5 Å². The van der Waals surface area contributed by atoms with Crippen LogP contribution in [0.5, 0.6) is 17.2 Å². The lowest BCUT2D eigenvalue weighted by atomic mass is 9.98. The van der Waals surface area contributed by atoms with Gasteiger partial charge in [-0.3, -0.25) is 0 Å². The van der Waals surface area contributed by atoms with Crippen LogP contribution in [-0.2, 0) is 12.8 Å². The molecule has 3 aromatic rings. The first kappa shape index (κ1) is 17.9. The van der Waals surface area contributed by atoms with Crippen LogP contribution in [0.4, 0.5) is 0 Å². The van der Waals surface area contributed by atoms with Crippen molar-refractivity contribution in [3.8, 4) is 17.2 Å². The lowest BCUT2D eigenvalue weighted by Gasteiger charge is -2.14. The van der Waals surface area contributed by atoms with E-state index in [4.69, 9.17) is 14.2 Å². The van der Waals surface area contributed by atoms with Crippen molar-refractivity contribution in [2.75, 3.05) is 21.3 Å². The standard InChI is InChI=1S/C23H24O3/c1-24-21-10-6-4-8-18(21)14-17-12-13-20(23(15-17)26-3)16-19-9-5-7-11-22(19)25-2/h4-13,15H,14,16H2,1-3H3. The Balaban J connectivity index is 1.86. The van der Waals surface area contributed by atoms with Crippen LogP contribution in [0.2, 0.25) is 0 Å². The molecular weight excluding hydrogens is 324 g/mol. The summed E-state index contributed by atoms with van der Waals surface area (Å²) >= 11 is 0. The summed E-state index contributed by atoms with van der Waals surface area (Å²) < 4.78 is 16.6. The molecule has 0 unspecified atom stereocenters. The summed E-state index contributed by atoms with van der Waals surface area (Å²) in [7, 11) is 5.12. The minimum atomic E-state index is 0.766. The summed E-state index contributed by atoms with van der Waals surface area (Å²) in [6.07, 6.45) is 1.57. The fraction of sp³-hybridized carbons (Fsp3) is 0.217. The first-order valence-corrected chi connectivity index (χ1v) is 8.64. The van der Waals surface area contributed by atoms with Gasteiger partial charge in [0.1, 0.15) is 17.2 Å². The molecule has 0 saturated carbocycles. The van der Waals surface area contributed by atoms with Gasteiger partial charge < -0.3 is 14.2 Å². The first-order valence-electron chi connectivity index (χ1n) is 8.64. The van der Waals surface area contributed by atoms with E-state index in [2.05, 4.69) is 30.3 Å². The SMILES string of the molecule is COc1ccccc1Cc1ccc(Cc2ccccc2OC)c(OC)c1. The summed E-state index contributed by atoms with van der Waals surface area (Å²) in [5, 5.41) is 0. The van der Waals surface area contributed by atoms with Crippen LogP contribution >= 0.6 is 0 Å². The predicted molar refractivity (Wildman–Crippen MR) is 105 cm³/mol. The summed E-state index contributed by atoms with van der Waals surface area (Å²) in [4.78, 5) is 0. The molecule has 0 fully saturated rings. The van der Waals surface area contributed by atoms with Crippen LogP contribution in [0.1, 0.15) is 22.3 Å². The number of benzene rings is 3. The molecule has 3 rings (SSSR count). The third-order valence-corrected chi connectivity index (χ3v) is 4.51. The van der Waals surface area contributed by atoms with Gasteiger partial charge in [0.2, 0.25) is 0 Å². The maximum Gasteiger partial charge on any atom is 0.122 e. The molecule has 0 N–H and O–H groups in total. The number of para-hydroxylation sites is 2. The second kappa shape index (κ2) is 8.43. The van der Waals surface area contributed by atoms with E-state index in [1.54, 1.807) is 21.3 Å². The smallest absolute Gasteiger partial charge is 0.122 e. The molecule has 0 radical (unpaired) electrons. The third kappa shape index (κ3) is 3.99. The lowest BCUT2D eigenvalue weighted by molar-refractivity contribution is 0.405. The Morgan fingerprint density at radius 1 is 0.538 bits per heavy atom. The van der Waals surface area contributed by atoms with Gasteiger partial charge in [0.05, 0.1) is 21.3 Å². The topological polar surface area (TPSA) is 27.7 Å². The van der Waals surface area contributed by atoms with E-state index < -0.39 is 0 Å². The molecule has 0 aliphatic rings. The Morgan fingerprint density at radius 3 is 1.62 bits per heavy atom. The summed E-state index contributed by atoms with van der Waals surface area (Å²) in [6, 6.07) is 22.6. The van der Waals surface area contributed by atoms with Crippen molar-refractivity contribution in [2.24, 2.45) is 0 Å². The van der Waals surface area contributed by atoms with Gasteiger partial charge in [-0.15, -0.1) is 0 Å². The fourth-order valence-electron chi connectivity index (χ4n) is 3.17. The van der Waals surface area contributed by atoms with Crippen molar-refractivity contribution < 1.29 is 14.2 Å². The minimum absolute atomic E-state index is 0.766. The zero-order chi connectivity index (χ0) is 18.4. The van der Waals surface area contributed by atoms with Crippen molar-refractivity contribution in [1.82, 2.24) is 0 Å². The van der Waals surface area contributed by atoms with Crippen LogP contribution in [0, 0.1) is 0 Å². The molecule has 3 heteroatoms. The van der Waals surface area contributed by atoms with Crippen molar-refractivity contribution in [2.45, 2.75) is 12.8 Å². The summed E-state index contributed by atoms with van der Waals surface area (Å²) in [6.45, 7) is 0. The number of hydrogen-bond donors (Lipinski definition) is 0. The highest BCUT2D eigenvalue weighted by atomic mass is 16.5. The van der Waals surface area contributed by atoms with Crippen LogP contribution in [0.15, 0.2) is 66.7 Å². The Bertz CT molecular complexity index is 871. The quantitative estimate of drug-likeness (QED) is 0.608. The fourth-order valence-corrected chi connectivity index (χ4v) is 3.17. The monoisotopic (exact) mass is 348 g/mol. The van der Waals surface area contributed by atoms with Crippen molar-refractivity contribution >= 4 is 0 Å². The van der Waals surface area contributed by atoms with Crippen LogP contribution in [0.3, 0.4) is 0 Å². The number of rotatable bonds is 7. The zero-order valence-electron chi connectivity index (χ0n) is 15.5. The molecular formula is C23H24O3. The number of hydrogen-bond acceptors (Lipinski definition) is 3. The van der Waals surface area contributed by atoms with Gasteiger partial charge in [0, 0.05) is 12.8 Å².